The summed E-state index contributed by atoms with van der Waals surface area (Å²) in [5.74, 6) is 0.891. The number of fused-ring (bicyclic) bond motifs is 2. The average molecular weight is 414 g/mol. The Morgan fingerprint density at radius 3 is 2.65 bits per heavy atom. The summed E-state index contributed by atoms with van der Waals surface area (Å²) in [5.41, 5.74) is 4.40. The van der Waals surface area contributed by atoms with E-state index in [1.165, 1.54) is 5.56 Å². The lowest BCUT2D eigenvalue weighted by atomic mass is 10.1. The minimum Gasteiger partial charge on any atom is -0.354 e. The second-order valence-electron chi connectivity index (χ2n) is 8.17. The maximum absolute atomic E-state index is 12.7. The number of likely N-dealkylation sites (N-methyl/N-ethyl adjacent to an activating group) is 1. The van der Waals surface area contributed by atoms with Crippen LogP contribution in [0, 0.1) is 6.92 Å². The second-order valence-corrected chi connectivity index (χ2v) is 8.17. The van der Waals surface area contributed by atoms with Crippen molar-refractivity contribution in [3.05, 3.63) is 65.9 Å². The molecule has 2 N–H and O–H groups in total. The molecule has 6 heteroatoms. The minimum atomic E-state index is -0.147. The Kier molecular flexibility index (Phi) is 5.08. The Labute approximate surface area is 181 Å². The van der Waals surface area contributed by atoms with Crippen LogP contribution in [0.5, 0.6) is 0 Å². The standard InChI is InChI=1S/C25H27N5O/c1-3-29-10-12-30(13-11-29)24-14-17(2)20-16-19(8-9-22(20)28-24)26-25(31)23-15-18-6-4-5-7-21(18)27-23/h4-9,14-16,27H,3,10-13H2,1-2H3,(H,26,31). The van der Waals surface area contributed by atoms with Gasteiger partial charge in [-0.2, -0.15) is 0 Å². The number of nitrogens with zero attached hydrogens (tertiary/aromatic N) is 3. The quantitative estimate of drug-likeness (QED) is 0.520. The molecule has 0 aliphatic carbocycles. The summed E-state index contributed by atoms with van der Waals surface area (Å²) in [7, 11) is 0. The fourth-order valence-corrected chi connectivity index (χ4v) is 4.30. The van der Waals surface area contributed by atoms with Gasteiger partial charge in [-0.25, -0.2) is 4.98 Å². The Morgan fingerprint density at radius 2 is 1.87 bits per heavy atom. The summed E-state index contributed by atoms with van der Waals surface area (Å²) in [6, 6.07) is 17.9. The number of piperazine rings is 1. The van der Waals surface area contributed by atoms with Crippen LogP contribution in [0.15, 0.2) is 54.6 Å². The van der Waals surface area contributed by atoms with E-state index in [2.05, 4.69) is 40.0 Å². The van der Waals surface area contributed by atoms with Crippen molar-refractivity contribution < 1.29 is 4.79 Å². The van der Waals surface area contributed by atoms with Gasteiger partial charge in [-0.15, -0.1) is 0 Å². The molecule has 3 heterocycles. The summed E-state index contributed by atoms with van der Waals surface area (Å²) in [4.78, 5) is 25.7. The van der Waals surface area contributed by atoms with Crippen molar-refractivity contribution in [3.63, 3.8) is 0 Å². The highest BCUT2D eigenvalue weighted by Gasteiger charge is 2.18. The van der Waals surface area contributed by atoms with E-state index in [0.717, 1.165) is 66.0 Å². The van der Waals surface area contributed by atoms with E-state index in [4.69, 9.17) is 4.98 Å². The van der Waals surface area contributed by atoms with Crippen molar-refractivity contribution in [3.8, 4) is 0 Å². The van der Waals surface area contributed by atoms with Crippen LogP contribution < -0.4 is 10.2 Å². The molecule has 2 aromatic carbocycles. The van der Waals surface area contributed by atoms with Crippen LogP contribution in [0.1, 0.15) is 23.0 Å². The van der Waals surface area contributed by atoms with Gasteiger partial charge in [0.05, 0.1) is 5.52 Å². The number of hydrogen-bond acceptors (Lipinski definition) is 4. The number of anilines is 2. The first-order valence-corrected chi connectivity index (χ1v) is 10.9. The maximum atomic E-state index is 12.7. The Hall–Kier alpha value is -3.38. The molecule has 6 nitrogen and oxygen atoms in total. The molecule has 1 aliphatic rings. The van der Waals surface area contributed by atoms with Crippen LogP contribution in [-0.2, 0) is 0 Å². The summed E-state index contributed by atoms with van der Waals surface area (Å²) in [6.45, 7) is 9.59. The lowest BCUT2D eigenvalue weighted by molar-refractivity contribution is 0.102. The molecule has 0 bridgehead atoms. The predicted molar refractivity (Wildman–Crippen MR) is 127 cm³/mol. The summed E-state index contributed by atoms with van der Waals surface area (Å²) in [5, 5.41) is 5.10. The second kappa shape index (κ2) is 8.04. The Bertz CT molecular complexity index is 1220. The number of amides is 1. The molecule has 1 saturated heterocycles. The monoisotopic (exact) mass is 413 g/mol. The van der Waals surface area contributed by atoms with E-state index in [0.29, 0.717) is 5.69 Å². The lowest BCUT2D eigenvalue weighted by Crippen LogP contribution is -2.46. The van der Waals surface area contributed by atoms with E-state index in [9.17, 15) is 4.79 Å². The third-order valence-corrected chi connectivity index (χ3v) is 6.18. The van der Waals surface area contributed by atoms with Crippen LogP contribution in [0.25, 0.3) is 21.8 Å². The number of H-pyrrole nitrogens is 1. The van der Waals surface area contributed by atoms with Crippen LogP contribution >= 0.6 is 0 Å². The number of rotatable bonds is 4. The van der Waals surface area contributed by atoms with Gasteiger partial charge in [0.15, 0.2) is 0 Å². The number of aryl methyl sites for hydroxylation is 1. The molecule has 2 aromatic heterocycles. The third kappa shape index (κ3) is 3.86. The number of carbonyl (C=O) groups excluding carboxylic acids is 1. The van der Waals surface area contributed by atoms with E-state index >= 15 is 0 Å². The normalized spacial score (nSPS) is 15.0. The molecule has 1 amide bonds. The summed E-state index contributed by atoms with van der Waals surface area (Å²) < 4.78 is 0. The SMILES string of the molecule is CCN1CCN(c2cc(C)c3cc(NC(=O)c4cc5ccccc5[nH]4)ccc3n2)CC1. The molecular weight excluding hydrogens is 386 g/mol. The smallest absolute Gasteiger partial charge is 0.272 e. The molecule has 4 aromatic rings. The molecule has 1 aliphatic heterocycles. The van der Waals surface area contributed by atoms with Crippen molar-refractivity contribution in [2.45, 2.75) is 13.8 Å². The number of aromatic amines is 1. The predicted octanol–water partition coefficient (Wildman–Crippen LogP) is 4.42. The van der Waals surface area contributed by atoms with Gasteiger partial charge in [-0.1, -0.05) is 25.1 Å². The Morgan fingerprint density at radius 1 is 1.06 bits per heavy atom. The molecular formula is C25H27N5O. The van der Waals surface area contributed by atoms with Gasteiger partial charge in [-0.05, 0) is 55.4 Å². The number of nitrogens with one attached hydrogen (secondary N) is 2. The van der Waals surface area contributed by atoms with E-state index < -0.39 is 0 Å². The van der Waals surface area contributed by atoms with Gasteiger partial charge in [0, 0.05) is 48.2 Å². The van der Waals surface area contributed by atoms with Gasteiger partial charge >= 0.3 is 0 Å². The van der Waals surface area contributed by atoms with Crippen LogP contribution in [0.3, 0.4) is 0 Å². The van der Waals surface area contributed by atoms with Crippen LogP contribution in [0.2, 0.25) is 0 Å². The van der Waals surface area contributed by atoms with Gasteiger partial charge in [-0.3, -0.25) is 4.79 Å². The fourth-order valence-electron chi connectivity index (χ4n) is 4.30. The average Bonchev–Trinajstić information content (AvgIpc) is 3.24. The van der Waals surface area contributed by atoms with Crippen molar-refractivity contribution >= 4 is 39.2 Å². The molecule has 0 unspecified atom stereocenters. The molecule has 0 atom stereocenters. The number of hydrogen-bond donors (Lipinski definition) is 2. The number of aromatic nitrogens is 2. The van der Waals surface area contributed by atoms with E-state index in [1.54, 1.807) is 0 Å². The Balaban J connectivity index is 1.37. The van der Waals surface area contributed by atoms with Gasteiger partial charge in [0.25, 0.3) is 5.91 Å². The number of carbonyl (C=O) groups is 1. The van der Waals surface area contributed by atoms with E-state index in [-0.39, 0.29) is 5.91 Å². The van der Waals surface area contributed by atoms with Crippen molar-refractivity contribution in [2.24, 2.45) is 0 Å². The molecule has 0 radical (unpaired) electrons. The highest BCUT2D eigenvalue weighted by molar-refractivity contribution is 6.06. The molecule has 0 spiro atoms. The zero-order valence-corrected chi connectivity index (χ0v) is 18.0. The highest BCUT2D eigenvalue weighted by Crippen LogP contribution is 2.26. The van der Waals surface area contributed by atoms with Crippen LogP contribution in [0.4, 0.5) is 11.5 Å². The zero-order chi connectivity index (χ0) is 21.4. The lowest BCUT2D eigenvalue weighted by Gasteiger charge is -2.35. The van der Waals surface area contributed by atoms with Gasteiger partial charge < -0.3 is 20.1 Å². The zero-order valence-electron chi connectivity index (χ0n) is 18.0. The molecule has 31 heavy (non-hydrogen) atoms. The first kappa shape index (κ1) is 19.6. The van der Waals surface area contributed by atoms with E-state index in [1.807, 2.05) is 48.5 Å². The van der Waals surface area contributed by atoms with Crippen molar-refractivity contribution in [2.75, 3.05) is 42.9 Å². The first-order valence-electron chi connectivity index (χ1n) is 10.9. The van der Waals surface area contributed by atoms with Gasteiger partial charge in [0.1, 0.15) is 11.5 Å². The largest absolute Gasteiger partial charge is 0.354 e. The molecule has 0 saturated carbocycles. The highest BCUT2D eigenvalue weighted by atomic mass is 16.1. The summed E-state index contributed by atoms with van der Waals surface area (Å²) in [6.07, 6.45) is 0. The maximum Gasteiger partial charge on any atom is 0.272 e. The summed E-state index contributed by atoms with van der Waals surface area (Å²) >= 11 is 0. The van der Waals surface area contributed by atoms with Gasteiger partial charge in [0.2, 0.25) is 0 Å². The minimum absolute atomic E-state index is 0.147. The number of para-hydroxylation sites is 1. The topological polar surface area (TPSA) is 64.3 Å². The van der Waals surface area contributed by atoms with Crippen molar-refractivity contribution in [1.82, 2.24) is 14.9 Å². The third-order valence-electron chi connectivity index (χ3n) is 6.18. The fraction of sp³-hybridized carbons (Fsp3) is 0.280. The van der Waals surface area contributed by atoms with Crippen molar-refractivity contribution in [1.29, 1.82) is 0 Å². The molecule has 5 rings (SSSR count). The number of pyridine rings is 1. The first-order chi connectivity index (χ1) is 15.1. The van der Waals surface area contributed by atoms with Crippen LogP contribution in [-0.4, -0.2) is 53.5 Å². The molecule has 1 fully saturated rings. The number of benzene rings is 2. The molecule has 158 valence electrons.